The Morgan fingerprint density at radius 1 is 1.15 bits per heavy atom. The Hall–Kier alpha value is -0.980. The Labute approximate surface area is 135 Å². The van der Waals surface area contributed by atoms with Gasteiger partial charge in [0.15, 0.2) is 0 Å². The molecule has 2 nitrogen and oxygen atoms in total. The second-order valence-electron chi connectivity index (χ2n) is 3.82. The van der Waals surface area contributed by atoms with Crippen molar-refractivity contribution in [1.82, 2.24) is 0 Å². The zero-order valence-corrected chi connectivity index (χ0v) is 13.6. The van der Waals surface area contributed by atoms with Crippen LogP contribution in [-0.4, -0.2) is 5.91 Å². The fraction of sp³-hybridized carbons (Fsp3) is 0. The van der Waals surface area contributed by atoms with E-state index in [1.165, 1.54) is 18.2 Å². The van der Waals surface area contributed by atoms with Crippen molar-refractivity contribution in [2.45, 2.75) is 0 Å². The number of anilines is 1. The molecule has 2 aromatic carbocycles. The Kier molecular flexibility index (Phi) is 4.78. The number of hydrogen-bond acceptors (Lipinski definition) is 1. The van der Waals surface area contributed by atoms with Gasteiger partial charge in [-0.25, -0.2) is 8.78 Å². The number of carbonyl (C=O) groups excluding carboxylic acids is 1. The standard InChI is InChI=1S/C13H6Br2ClF2NO/c14-6-1-2-11(18)8(3-6)13(20)19-12-9(15)4-7(17)5-10(12)16/h1-5H,(H,19,20). The largest absolute Gasteiger partial charge is 0.320 e. The Bertz CT molecular complexity index is 671. The van der Waals surface area contributed by atoms with Gasteiger partial charge in [0, 0.05) is 8.95 Å². The highest BCUT2D eigenvalue weighted by Crippen LogP contribution is 2.32. The molecule has 0 aromatic heterocycles. The van der Waals surface area contributed by atoms with E-state index in [0.717, 1.165) is 12.1 Å². The molecule has 0 unspecified atom stereocenters. The van der Waals surface area contributed by atoms with Gasteiger partial charge in [0.25, 0.3) is 5.91 Å². The predicted molar refractivity (Wildman–Crippen MR) is 81.2 cm³/mol. The number of carbonyl (C=O) groups is 1. The van der Waals surface area contributed by atoms with Crippen LogP contribution in [0.3, 0.4) is 0 Å². The SMILES string of the molecule is O=C(Nc1c(Cl)cc(F)cc1Br)c1cc(Br)ccc1F. The van der Waals surface area contributed by atoms with Crippen LogP contribution in [0.15, 0.2) is 39.3 Å². The van der Waals surface area contributed by atoms with Crippen LogP contribution in [0.5, 0.6) is 0 Å². The predicted octanol–water partition coefficient (Wildman–Crippen LogP) is 5.40. The van der Waals surface area contributed by atoms with Crippen molar-refractivity contribution in [2.24, 2.45) is 0 Å². The number of rotatable bonds is 2. The highest BCUT2D eigenvalue weighted by molar-refractivity contribution is 9.10. The fourth-order valence-corrected chi connectivity index (χ4v) is 2.77. The molecule has 0 saturated heterocycles. The topological polar surface area (TPSA) is 29.1 Å². The summed E-state index contributed by atoms with van der Waals surface area (Å²) in [5.41, 5.74) is 0.0316. The Morgan fingerprint density at radius 2 is 1.85 bits per heavy atom. The summed E-state index contributed by atoms with van der Waals surface area (Å²) >= 11 is 12.1. The zero-order chi connectivity index (χ0) is 14.9. The van der Waals surface area contributed by atoms with E-state index >= 15 is 0 Å². The molecule has 104 valence electrons. The molecule has 2 aromatic rings. The van der Waals surface area contributed by atoms with Crippen molar-refractivity contribution in [1.29, 1.82) is 0 Å². The van der Waals surface area contributed by atoms with Crippen LogP contribution in [0.2, 0.25) is 5.02 Å². The second-order valence-corrected chi connectivity index (χ2v) is 6.00. The zero-order valence-electron chi connectivity index (χ0n) is 9.68. The lowest BCUT2D eigenvalue weighted by molar-refractivity contribution is 0.102. The smallest absolute Gasteiger partial charge is 0.258 e. The lowest BCUT2D eigenvalue weighted by Crippen LogP contribution is -2.14. The van der Waals surface area contributed by atoms with Gasteiger partial charge >= 0.3 is 0 Å². The molecule has 0 bridgehead atoms. The van der Waals surface area contributed by atoms with Gasteiger partial charge in [0.2, 0.25) is 0 Å². The molecule has 0 aliphatic heterocycles. The van der Waals surface area contributed by atoms with Gasteiger partial charge < -0.3 is 5.32 Å². The lowest BCUT2D eigenvalue weighted by Gasteiger charge is -2.10. The van der Waals surface area contributed by atoms with Crippen molar-refractivity contribution in [2.75, 3.05) is 5.32 Å². The van der Waals surface area contributed by atoms with E-state index < -0.39 is 17.5 Å². The van der Waals surface area contributed by atoms with Gasteiger partial charge in [-0.05, 0) is 46.3 Å². The molecule has 0 aliphatic rings. The highest BCUT2D eigenvalue weighted by Gasteiger charge is 2.16. The van der Waals surface area contributed by atoms with Crippen LogP contribution in [0, 0.1) is 11.6 Å². The molecular formula is C13H6Br2ClF2NO. The van der Waals surface area contributed by atoms with Gasteiger partial charge in [0.05, 0.1) is 16.3 Å². The normalized spacial score (nSPS) is 10.4. The average molecular weight is 425 g/mol. The Balaban J connectivity index is 2.35. The summed E-state index contributed by atoms with van der Waals surface area (Å²) in [6.45, 7) is 0. The fourth-order valence-electron chi connectivity index (χ4n) is 1.51. The quantitative estimate of drug-likeness (QED) is 0.686. The molecule has 7 heteroatoms. The summed E-state index contributed by atoms with van der Waals surface area (Å²) in [6.07, 6.45) is 0. The summed E-state index contributed by atoms with van der Waals surface area (Å²) in [7, 11) is 0. The van der Waals surface area contributed by atoms with Crippen molar-refractivity contribution in [3.8, 4) is 0 Å². The maximum atomic E-state index is 13.6. The number of nitrogens with one attached hydrogen (secondary N) is 1. The van der Waals surface area contributed by atoms with E-state index in [1.54, 1.807) is 0 Å². The van der Waals surface area contributed by atoms with E-state index in [4.69, 9.17) is 11.6 Å². The molecule has 0 fully saturated rings. The van der Waals surface area contributed by atoms with Crippen LogP contribution in [0.1, 0.15) is 10.4 Å². The van der Waals surface area contributed by atoms with E-state index in [0.29, 0.717) is 4.47 Å². The highest BCUT2D eigenvalue weighted by atomic mass is 79.9. The van der Waals surface area contributed by atoms with Crippen LogP contribution in [-0.2, 0) is 0 Å². The summed E-state index contributed by atoms with van der Waals surface area (Å²) in [5, 5.41) is 2.46. The molecular weight excluding hydrogens is 419 g/mol. The van der Waals surface area contributed by atoms with Gasteiger partial charge in [0.1, 0.15) is 11.6 Å². The molecule has 0 radical (unpaired) electrons. The summed E-state index contributed by atoms with van der Waals surface area (Å²) in [5.74, 6) is -1.90. The van der Waals surface area contributed by atoms with E-state index in [2.05, 4.69) is 37.2 Å². The van der Waals surface area contributed by atoms with Crippen LogP contribution >= 0.6 is 43.5 Å². The third-order valence-corrected chi connectivity index (χ3v) is 3.84. The molecule has 0 spiro atoms. The van der Waals surface area contributed by atoms with Crippen LogP contribution in [0.4, 0.5) is 14.5 Å². The molecule has 1 amide bonds. The van der Waals surface area contributed by atoms with E-state index in [1.807, 2.05) is 0 Å². The molecule has 1 N–H and O–H groups in total. The third kappa shape index (κ3) is 3.37. The number of hydrogen-bond donors (Lipinski definition) is 1. The summed E-state index contributed by atoms with van der Waals surface area (Å²) in [4.78, 5) is 12.0. The first kappa shape index (κ1) is 15.4. The van der Waals surface area contributed by atoms with Crippen molar-refractivity contribution < 1.29 is 13.6 Å². The minimum atomic E-state index is -0.682. The maximum Gasteiger partial charge on any atom is 0.258 e. The molecule has 0 saturated carbocycles. The number of benzene rings is 2. The van der Waals surface area contributed by atoms with Gasteiger partial charge in [-0.2, -0.15) is 0 Å². The average Bonchev–Trinajstić information content (AvgIpc) is 2.36. The monoisotopic (exact) mass is 423 g/mol. The first-order valence-corrected chi connectivity index (χ1v) is 7.26. The van der Waals surface area contributed by atoms with Gasteiger partial charge in [-0.1, -0.05) is 27.5 Å². The minimum absolute atomic E-state index is 0.0145. The molecule has 0 aliphatic carbocycles. The van der Waals surface area contributed by atoms with Crippen LogP contribution in [0.25, 0.3) is 0 Å². The van der Waals surface area contributed by atoms with Gasteiger partial charge in [-0.15, -0.1) is 0 Å². The number of halogens is 5. The summed E-state index contributed by atoms with van der Waals surface area (Å²) < 4.78 is 27.5. The first-order valence-electron chi connectivity index (χ1n) is 5.29. The molecule has 2 rings (SSSR count). The minimum Gasteiger partial charge on any atom is -0.320 e. The Morgan fingerprint density at radius 3 is 2.50 bits per heavy atom. The van der Waals surface area contributed by atoms with Crippen molar-refractivity contribution in [3.05, 3.63) is 61.5 Å². The summed E-state index contributed by atoms with van der Waals surface area (Å²) in [6, 6.07) is 6.20. The molecule has 20 heavy (non-hydrogen) atoms. The van der Waals surface area contributed by atoms with E-state index in [9.17, 15) is 13.6 Å². The van der Waals surface area contributed by atoms with E-state index in [-0.39, 0.29) is 20.7 Å². The van der Waals surface area contributed by atoms with Crippen molar-refractivity contribution in [3.63, 3.8) is 0 Å². The van der Waals surface area contributed by atoms with Crippen molar-refractivity contribution >= 4 is 55.1 Å². The maximum absolute atomic E-state index is 13.6. The third-order valence-electron chi connectivity index (χ3n) is 2.42. The van der Waals surface area contributed by atoms with Crippen LogP contribution < -0.4 is 5.32 Å². The molecule has 0 atom stereocenters. The lowest BCUT2D eigenvalue weighted by atomic mass is 10.2. The molecule has 0 heterocycles. The first-order chi connectivity index (χ1) is 9.38. The second kappa shape index (κ2) is 6.20. The van der Waals surface area contributed by atoms with Gasteiger partial charge in [-0.3, -0.25) is 4.79 Å². The number of amides is 1.